The van der Waals surface area contributed by atoms with E-state index in [4.69, 9.17) is 4.98 Å². The van der Waals surface area contributed by atoms with Crippen molar-refractivity contribution < 1.29 is 32.3 Å². The summed E-state index contributed by atoms with van der Waals surface area (Å²) in [4.78, 5) is 63.5. The lowest BCUT2D eigenvalue weighted by Gasteiger charge is -2.37. The molecule has 2 atom stereocenters. The number of aromatic nitrogens is 4. The lowest BCUT2D eigenvalue weighted by molar-refractivity contribution is -0.136. The zero-order chi connectivity index (χ0) is 36.8. The summed E-state index contributed by atoms with van der Waals surface area (Å²) in [5, 5.41) is 10.2. The van der Waals surface area contributed by atoms with Gasteiger partial charge in [0.2, 0.25) is 18.1 Å². The Bertz CT molecular complexity index is 2080. The maximum atomic E-state index is 13.8. The molecular formula is C37H38F3N9O4. The summed E-state index contributed by atoms with van der Waals surface area (Å²) in [7, 11) is 0. The summed E-state index contributed by atoms with van der Waals surface area (Å²) in [6.07, 6.45) is 4.42. The van der Waals surface area contributed by atoms with E-state index < -0.39 is 42.4 Å². The molecule has 13 nitrogen and oxygen atoms in total. The first-order valence-electron chi connectivity index (χ1n) is 17.9. The first-order chi connectivity index (χ1) is 25.6. The Morgan fingerprint density at radius 2 is 1.70 bits per heavy atom. The molecule has 0 radical (unpaired) electrons. The topological polar surface area (TPSA) is 146 Å². The average Bonchev–Trinajstić information content (AvgIpc) is 3.72. The number of amides is 4. The monoisotopic (exact) mass is 729 g/mol. The molecule has 53 heavy (non-hydrogen) atoms. The van der Waals surface area contributed by atoms with Gasteiger partial charge in [0.15, 0.2) is 0 Å². The number of hydrogen-bond donors (Lipinski definition) is 2. The first kappa shape index (κ1) is 34.7. The molecule has 4 aromatic rings. The number of piperidine rings is 1. The highest BCUT2D eigenvalue weighted by molar-refractivity contribution is 6.23. The van der Waals surface area contributed by atoms with Crippen LogP contribution in [0.3, 0.4) is 0 Å². The van der Waals surface area contributed by atoms with Crippen molar-refractivity contribution in [3.8, 4) is 11.3 Å². The number of hydrogen-bond acceptors (Lipinski definition) is 10. The van der Waals surface area contributed by atoms with Gasteiger partial charge in [0.05, 0.1) is 46.3 Å². The molecule has 2 unspecified atom stereocenters. The third-order valence-corrected chi connectivity index (χ3v) is 10.8. The number of nitrogens with one attached hydrogen (secondary N) is 2. The van der Waals surface area contributed by atoms with Crippen molar-refractivity contribution in [3.63, 3.8) is 0 Å². The van der Waals surface area contributed by atoms with Gasteiger partial charge in [-0.2, -0.15) is 5.10 Å². The highest BCUT2D eigenvalue weighted by atomic mass is 19.3. The predicted molar refractivity (Wildman–Crippen MR) is 188 cm³/mol. The molecule has 16 heteroatoms. The van der Waals surface area contributed by atoms with Crippen LogP contribution >= 0.6 is 0 Å². The molecule has 2 aromatic carbocycles. The van der Waals surface area contributed by atoms with Gasteiger partial charge in [-0.1, -0.05) is 0 Å². The summed E-state index contributed by atoms with van der Waals surface area (Å²) in [6, 6.07) is 10.1. The minimum absolute atomic E-state index is 0.0764. The lowest BCUT2D eigenvalue weighted by Crippen LogP contribution is -2.54. The number of halogens is 3. The number of anilines is 2. The van der Waals surface area contributed by atoms with Crippen molar-refractivity contribution in [1.29, 1.82) is 0 Å². The van der Waals surface area contributed by atoms with E-state index in [1.165, 1.54) is 4.90 Å². The predicted octanol–water partition coefficient (Wildman–Crippen LogP) is 4.42. The van der Waals surface area contributed by atoms with Crippen LogP contribution < -0.4 is 15.5 Å². The van der Waals surface area contributed by atoms with Gasteiger partial charge < -0.3 is 10.2 Å². The Hall–Kier alpha value is -5.38. The fourth-order valence-corrected chi connectivity index (χ4v) is 7.75. The molecule has 276 valence electrons. The number of imide groups is 2. The third-order valence-electron chi connectivity index (χ3n) is 10.8. The van der Waals surface area contributed by atoms with Crippen LogP contribution in [0.1, 0.15) is 65.3 Å². The smallest absolute Gasteiger partial charge is 0.282 e. The maximum Gasteiger partial charge on any atom is 0.282 e. The van der Waals surface area contributed by atoms with E-state index in [0.717, 1.165) is 53.0 Å². The molecular weight excluding hydrogens is 691 g/mol. The van der Waals surface area contributed by atoms with Gasteiger partial charge in [-0.15, -0.1) is 0 Å². The Balaban J connectivity index is 0.808. The molecule has 3 fully saturated rings. The molecule has 1 saturated carbocycles. The second kappa shape index (κ2) is 14.2. The van der Waals surface area contributed by atoms with Crippen molar-refractivity contribution >= 4 is 46.0 Å². The van der Waals surface area contributed by atoms with Crippen LogP contribution in [-0.2, 0) is 9.59 Å². The van der Waals surface area contributed by atoms with Gasteiger partial charge in [-0.25, -0.2) is 18.2 Å². The number of alkyl halides is 3. The minimum Gasteiger partial charge on any atom is -0.385 e. The molecule has 0 bridgehead atoms. The largest absolute Gasteiger partial charge is 0.385 e. The molecule has 5 heterocycles. The van der Waals surface area contributed by atoms with E-state index in [-0.39, 0.29) is 37.1 Å². The summed E-state index contributed by atoms with van der Waals surface area (Å²) < 4.78 is 41.4. The Labute approximate surface area is 302 Å². The molecule has 2 saturated heterocycles. The highest BCUT2D eigenvalue weighted by Crippen LogP contribution is 2.40. The van der Waals surface area contributed by atoms with Crippen molar-refractivity contribution in [2.24, 2.45) is 5.92 Å². The zero-order valence-corrected chi connectivity index (χ0v) is 28.8. The number of rotatable bonds is 11. The number of piperazine rings is 1. The van der Waals surface area contributed by atoms with Gasteiger partial charge in [-0.3, -0.25) is 44.0 Å². The average molecular weight is 730 g/mol. The summed E-state index contributed by atoms with van der Waals surface area (Å²) in [5.41, 5.74) is 5.12. The highest BCUT2D eigenvalue weighted by Gasteiger charge is 2.44. The first-order valence-corrected chi connectivity index (χ1v) is 17.9. The minimum atomic E-state index is -3.01. The van der Waals surface area contributed by atoms with E-state index in [1.807, 2.05) is 34.0 Å². The molecule has 8 rings (SSSR count). The van der Waals surface area contributed by atoms with Crippen LogP contribution in [0, 0.1) is 5.92 Å². The fraction of sp³-hybridized carbons (Fsp3) is 0.432. The molecule has 1 aliphatic carbocycles. The molecule has 4 amide bonds. The van der Waals surface area contributed by atoms with Gasteiger partial charge in [-0.05, 0) is 74.4 Å². The third kappa shape index (κ3) is 6.82. The Morgan fingerprint density at radius 3 is 2.47 bits per heavy atom. The van der Waals surface area contributed by atoms with E-state index in [1.54, 1.807) is 30.6 Å². The van der Waals surface area contributed by atoms with Crippen molar-refractivity contribution in [2.45, 2.75) is 63.3 Å². The summed E-state index contributed by atoms with van der Waals surface area (Å²) >= 11 is 0. The van der Waals surface area contributed by atoms with Crippen LogP contribution in [0.25, 0.3) is 22.3 Å². The van der Waals surface area contributed by atoms with Gasteiger partial charge in [0.25, 0.3) is 18.2 Å². The number of carbonyl (C=O) groups excluding carboxylic acids is 4. The van der Waals surface area contributed by atoms with Crippen LogP contribution in [0.2, 0.25) is 0 Å². The SMILES string of the molecule is O=C1CCC(N2C(=O)c3ccc(NCCCC4CC(n5cc(-c6cnc7ccc(N8CCN(C(F)C(F)F)CC8)cc7n6)cn5)C4)cc3C2=O)C(=O)N1. The van der Waals surface area contributed by atoms with Crippen LogP contribution in [0.5, 0.6) is 0 Å². The van der Waals surface area contributed by atoms with Gasteiger partial charge >= 0.3 is 0 Å². The van der Waals surface area contributed by atoms with Crippen molar-refractivity contribution in [2.75, 3.05) is 42.9 Å². The standard InChI is InChI=1S/C37H38F3N9O4/c38-33(39)34(40)47-12-10-46(11-13-47)24-4-6-28-29(17-24)44-30(19-42-28)22-18-43-48(20-22)25-14-21(15-25)2-1-9-41-23-3-5-26-27(16-23)37(53)49(36(26)52)31-7-8-32(50)45-35(31)51/h3-6,16-21,25,31,33-34,41H,1-2,7-15H2,(H,45,50,51). The Morgan fingerprint density at radius 1 is 0.906 bits per heavy atom. The molecule has 3 aliphatic heterocycles. The molecule has 0 spiro atoms. The number of nitrogens with zero attached hydrogens (tertiary/aromatic N) is 7. The van der Waals surface area contributed by atoms with Crippen LogP contribution in [0.4, 0.5) is 24.5 Å². The maximum absolute atomic E-state index is 13.8. The quantitative estimate of drug-likeness (QED) is 0.129. The lowest BCUT2D eigenvalue weighted by atomic mass is 9.77. The van der Waals surface area contributed by atoms with Gasteiger partial charge in [0, 0.05) is 62.3 Å². The molecule has 2 aromatic heterocycles. The summed E-state index contributed by atoms with van der Waals surface area (Å²) in [6.45, 7) is 2.00. The van der Waals surface area contributed by atoms with Gasteiger partial charge in [0.1, 0.15) is 6.04 Å². The van der Waals surface area contributed by atoms with E-state index in [9.17, 15) is 32.3 Å². The molecule has 2 N–H and O–H groups in total. The van der Waals surface area contributed by atoms with Crippen molar-refractivity contribution in [3.05, 3.63) is 66.1 Å². The second-order valence-corrected chi connectivity index (χ2v) is 14.1. The van der Waals surface area contributed by atoms with Crippen LogP contribution in [0.15, 0.2) is 55.0 Å². The van der Waals surface area contributed by atoms with E-state index >= 15 is 0 Å². The normalized spacial score (nSPS) is 22.7. The number of carbonyl (C=O) groups is 4. The Kier molecular flexibility index (Phi) is 9.30. The number of fused-ring (bicyclic) bond motifs is 2. The second-order valence-electron chi connectivity index (χ2n) is 14.1. The van der Waals surface area contributed by atoms with E-state index in [0.29, 0.717) is 42.8 Å². The number of benzene rings is 2. The van der Waals surface area contributed by atoms with E-state index in [2.05, 4.69) is 20.7 Å². The fourth-order valence-electron chi connectivity index (χ4n) is 7.75. The van der Waals surface area contributed by atoms with Crippen molar-refractivity contribution in [1.82, 2.24) is 34.9 Å². The summed E-state index contributed by atoms with van der Waals surface area (Å²) in [5.74, 6) is -1.52. The van der Waals surface area contributed by atoms with Crippen LogP contribution in [-0.4, -0.2) is 105 Å². The zero-order valence-electron chi connectivity index (χ0n) is 28.8. The molecule has 4 aliphatic rings.